The summed E-state index contributed by atoms with van der Waals surface area (Å²) in [6, 6.07) is 4.16. The summed E-state index contributed by atoms with van der Waals surface area (Å²) in [5.74, 6) is -0.910. The third kappa shape index (κ3) is 3.36. The maximum absolute atomic E-state index is 11.8. The van der Waals surface area contributed by atoms with Crippen LogP contribution in [0.4, 0.5) is 14.5 Å². The number of alkyl halides is 2. The number of rotatable bonds is 3. The molecule has 1 aromatic rings. The predicted molar refractivity (Wildman–Crippen MR) is 52.2 cm³/mol. The number of hydrogen-bond donors (Lipinski definition) is 1. The molecule has 0 aromatic heterocycles. The van der Waals surface area contributed by atoms with Crippen molar-refractivity contribution in [3.05, 3.63) is 28.8 Å². The quantitative estimate of drug-likeness (QED) is 0.646. The number of nitrogen functional groups attached to an aromatic ring is 1. The molecule has 1 aromatic carbocycles. The van der Waals surface area contributed by atoms with Crippen LogP contribution in [-0.2, 0) is 4.74 Å². The Morgan fingerprint density at radius 2 is 2.20 bits per heavy atom. The van der Waals surface area contributed by atoms with E-state index in [1.165, 1.54) is 18.2 Å². The highest BCUT2D eigenvalue weighted by atomic mass is 35.5. The zero-order valence-corrected chi connectivity index (χ0v) is 8.30. The molecule has 0 aliphatic carbocycles. The molecule has 0 spiro atoms. The third-order valence-corrected chi connectivity index (χ3v) is 1.88. The van der Waals surface area contributed by atoms with E-state index in [9.17, 15) is 13.6 Å². The summed E-state index contributed by atoms with van der Waals surface area (Å²) >= 11 is 5.66. The molecule has 2 N–H and O–H groups in total. The standard InChI is InChI=1S/C9H8ClF2NO2/c10-7-2-1-5(13)3-6(7)9(14)15-4-8(11)12/h1-3,8H,4,13H2. The fourth-order valence-electron chi connectivity index (χ4n) is 0.916. The second-order valence-corrected chi connectivity index (χ2v) is 3.14. The summed E-state index contributed by atoms with van der Waals surface area (Å²) < 4.78 is 27.8. The molecule has 1 rings (SSSR count). The monoisotopic (exact) mass is 235 g/mol. The molecule has 0 bridgehead atoms. The van der Waals surface area contributed by atoms with Gasteiger partial charge in [-0.3, -0.25) is 0 Å². The van der Waals surface area contributed by atoms with Crippen LogP contribution in [0.5, 0.6) is 0 Å². The number of nitrogens with two attached hydrogens (primary N) is 1. The van der Waals surface area contributed by atoms with Gasteiger partial charge in [0.25, 0.3) is 6.43 Å². The summed E-state index contributed by atoms with van der Waals surface area (Å²) in [5, 5.41) is 0.114. The average molecular weight is 236 g/mol. The van der Waals surface area contributed by atoms with Gasteiger partial charge in [0.1, 0.15) is 0 Å². The molecule has 0 heterocycles. The molecule has 15 heavy (non-hydrogen) atoms. The summed E-state index contributed by atoms with van der Waals surface area (Å²) in [5.41, 5.74) is 5.70. The summed E-state index contributed by atoms with van der Waals surface area (Å²) in [6.45, 7) is -0.954. The Morgan fingerprint density at radius 3 is 2.80 bits per heavy atom. The molecule has 0 unspecified atom stereocenters. The van der Waals surface area contributed by atoms with Crippen LogP contribution in [0.3, 0.4) is 0 Å². The summed E-state index contributed by atoms with van der Waals surface area (Å²) in [6.07, 6.45) is -2.70. The average Bonchev–Trinajstić information content (AvgIpc) is 2.18. The van der Waals surface area contributed by atoms with Crippen LogP contribution in [-0.4, -0.2) is 19.0 Å². The summed E-state index contributed by atoms with van der Waals surface area (Å²) in [7, 11) is 0. The van der Waals surface area contributed by atoms with Gasteiger partial charge in [-0.1, -0.05) is 11.6 Å². The molecule has 0 fully saturated rings. The van der Waals surface area contributed by atoms with E-state index in [2.05, 4.69) is 4.74 Å². The van der Waals surface area contributed by atoms with Crippen LogP contribution in [0.25, 0.3) is 0 Å². The van der Waals surface area contributed by atoms with Crippen LogP contribution in [0.2, 0.25) is 5.02 Å². The van der Waals surface area contributed by atoms with E-state index < -0.39 is 19.0 Å². The lowest BCUT2D eigenvalue weighted by molar-refractivity contribution is 0.0160. The molecule has 6 heteroatoms. The van der Waals surface area contributed by atoms with Gasteiger partial charge >= 0.3 is 5.97 Å². The first-order valence-corrected chi connectivity index (χ1v) is 4.39. The smallest absolute Gasteiger partial charge is 0.339 e. The normalized spacial score (nSPS) is 10.4. The highest BCUT2D eigenvalue weighted by molar-refractivity contribution is 6.33. The molecule has 3 nitrogen and oxygen atoms in total. The van der Waals surface area contributed by atoms with Crippen LogP contribution < -0.4 is 5.73 Å². The molecule has 0 saturated heterocycles. The first kappa shape index (κ1) is 11.7. The lowest BCUT2D eigenvalue weighted by Gasteiger charge is -2.06. The molecular weight excluding hydrogens is 228 g/mol. The van der Waals surface area contributed by atoms with Gasteiger partial charge in [0.15, 0.2) is 6.61 Å². The Labute approximate surface area is 89.8 Å². The van der Waals surface area contributed by atoms with Crippen LogP contribution >= 0.6 is 11.6 Å². The van der Waals surface area contributed by atoms with E-state index in [0.29, 0.717) is 5.69 Å². The van der Waals surface area contributed by atoms with Crippen molar-refractivity contribution in [2.75, 3.05) is 12.3 Å². The maximum atomic E-state index is 11.8. The fourth-order valence-corrected chi connectivity index (χ4v) is 1.11. The van der Waals surface area contributed by atoms with Gasteiger partial charge in [-0.2, -0.15) is 0 Å². The van der Waals surface area contributed by atoms with Crippen molar-refractivity contribution in [2.45, 2.75) is 6.43 Å². The van der Waals surface area contributed by atoms with Crippen molar-refractivity contribution in [3.8, 4) is 0 Å². The van der Waals surface area contributed by atoms with Gasteiger partial charge < -0.3 is 10.5 Å². The molecule has 0 amide bonds. The van der Waals surface area contributed by atoms with Crippen LogP contribution in [0.1, 0.15) is 10.4 Å². The lowest BCUT2D eigenvalue weighted by atomic mass is 10.2. The van der Waals surface area contributed by atoms with Crippen molar-refractivity contribution in [2.24, 2.45) is 0 Å². The van der Waals surface area contributed by atoms with E-state index in [-0.39, 0.29) is 10.6 Å². The number of ether oxygens (including phenoxy) is 1. The van der Waals surface area contributed by atoms with Crippen molar-refractivity contribution < 1.29 is 18.3 Å². The highest BCUT2D eigenvalue weighted by Crippen LogP contribution is 2.19. The Morgan fingerprint density at radius 1 is 1.53 bits per heavy atom. The predicted octanol–water partition coefficient (Wildman–Crippen LogP) is 2.34. The minimum atomic E-state index is -2.70. The molecule has 0 saturated carbocycles. The molecule has 82 valence electrons. The van der Waals surface area contributed by atoms with Crippen molar-refractivity contribution >= 4 is 23.3 Å². The first-order valence-electron chi connectivity index (χ1n) is 4.01. The topological polar surface area (TPSA) is 52.3 Å². The molecular formula is C9H8ClF2NO2. The van der Waals surface area contributed by atoms with Gasteiger partial charge in [-0.15, -0.1) is 0 Å². The minimum Gasteiger partial charge on any atom is -0.456 e. The minimum absolute atomic E-state index is 0.0164. The number of halogens is 3. The first-order chi connectivity index (χ1) is 7.00. The number of anilines is 1. The Kier molecular flexibility index (Phi) is 3.85. The Balaban J connectivity index is 2.77. The van der Waals surface area contributed by atoms with E-state index in [4.69, 9.17) is 17.3 Å². The zero-order valence-electron chi connectivity index (χ0n) is 7.54. The largest absolute Gasteiger partial charge is 0.456 e. The zero-order chi connectivity index (χ0) is 11.4. The Bertz CT molecular complexity index is 371. The van der Waals surface area contributed by atoms with Gasteiger partial charge in [-0.25, -0.2) is 13.6 Å². The van der Waals surface area contributed by atoms with E-state index in [1.807, 2.05) is 0 Å². The molecule has 0 aliphatic rings. The summed E-state index contributed by atoms with van der Waals surface area (Å²) in [4.78, 5) is 11.2. The molecule has 0 radical (unpaired) electrons. The number of carbonyl (C=O) groups is 1. The van der Waals surface area contributed by atoms with Crippen molar-refractivity contribution in [3.63, 3.8) is 0 Å². The van der Waals surface area contributed by atoms with Crippen molar-refractivity contribution in [1.82, 2.24) is 0 Å². The second kappa shape index (κ2) is 4.93. The van der Waals surface area contributed by atoms with Gasteiger partial charge in [0, 0.05) is 5.69 Å². The molecule has 0 atom stereocenters. The molecule has 0 aliphatic heterocycles. The Hall–Kier alpha value is -1.36. The maximum Gasteiger partial charge on any atom is 0.339 e. The van der Waals surface area contributed by atoms with Crippen LogP contribution in [0, 0.1) is 0 Å². The lowest BCUT2D eigenvalue weighted by Crippen LogP contribution is -2.12. The van der Waals surface area contributed by atoms with Gasteiger partial charge in [0.05, 0.1) is 10.6 Å². The highest BCUT2D eigenvalue weighted by Gasteiger charge is 2.14. The van der Waals surface area contributed by atoms with Crippen LogP contribution in [0.15, 0.2) is 18.2 Å². The van der Waals surface area contributed by atoms with Gasteiger partial charge in [0.2, 0.25) is 0 Å². The third-order valence-electron chi connectivity index (χ3n) is 1.55. The second-order valence-electron chi connectivity index (χ2n) is 2.73. The van der Waals surface area contributed by atoms with E-state index >= 15 is 0 Å². The number of carbonyl (C=O) groups excluding carboxylic acids is 1. The van der Waals surface area contributed by atoms with E-state index in [0.717, 1.165) is 0 Å². The van der Waals surface area contributed by atoms with Crippen molar-refractivity contribution in [1.29, 1.82) is 0 Å². The number of benzene rings is 1. The number of hydrogen-bond acceptors (Lipinski definition) is 3. The number of esters is 1. The van der Waals surface area contributed by atoms with E-state index in [1.54, 1.807) is 0 Å². The SMILES string of the molecule is Nc1ccc(Cl)c(C(=O)OCC(F)F)c1. The fraction of sp³-hybridized carbons (Fsp3) is 0.222. The van der Waals surface area contributed by atoms with Gasteiger partial charge in [-0.05, 0) is 18.2 Å².